The molecule has 0 spiro atoms. The molecular weight excluding hydrogens is 483 g/mol. The number of pyridine rings is 1. The van der Waals surface area contributed by atoms with Crippen molar-refractivity contribution in [3.63, 3.8) is 0 Å². The van der Waals surface area contributed by atoms with Gasteiger partial charge < -0.3 is 25.1 Å². The highest BCUT2D eigenvalue weighted by Crippen LogP contribution is 2.30. The molecule has 5 rings (SSSR count). The number of carbonyl (C=O) groups excluding carboxylic acids is 1. The first-order chi connectivity index (χ1) is 16.5. The Morgan fingerprint density at radius 1 is 1.26 bits per heavy atom. The summed E-state index contributed by atoms with van der Waals surface area (Å²) >= 11 is 12.3. The average Bonchev–Trinajstić information content (AvgIpc) is 3.45. The van der Waals surface area contributed by atoms with Crippen LogP contribution in [0.3, 0.4) is 0 Å². The van der Waals surface area contributed by atoms with Gasteiger partial charge in [0.15, 0.2) is 5.82 Å². The third-order valence-corrected chi connectivity index (χ3v) is 6.54. The van der Waals surface area contributed by atoms with Gasteiger partial charge in [-0.2, -0.15) is 0 Å². The van der Waals surface area contributed by atoms with E-state index in [1.807, 2.05) is 6.07 Å². The van der Waals surface area contributed by atoms with Crippen LogP contribution in [0, 0.1) is 5.92 Å². The van der Waals surface area contributed by atoms with Crippen molar-refractivity contribution in [1.82, 2.24) is 24.8 Å². The topological polar surface area (TPSA) is 123 Å². The highest BCUT2D eigenvalue weighted by Gasteiger charge is 2.32. The Kier molecular flexibility index (Phi) is 6.73. The number of amides is 1. The van der Waals surface area contributed by atoms with Gasteiger partial charge in [0.2, 0.25) is 5.91 Å². The second-order valence-corrected chi connectivity index (χ2v) is 9.37. The van der Waals surface area contributed by atoms with Crippen LogP contribution in [0.5, 0.6) is 0 Å². The molecule has 0 bridgehead atoms. The van der Waals surface area contributed by atoms with Gasteiger partial charge >= 0.3 is 0 Å². The number of aromatic nitrogens is 4. The third kappa shape index (κ3) is 5.20. The van der Waals surface area contributed by atoms with E-state index in [2.05, 4.69) is 25.6 Å². The van der Waals surface area contributed by atoms with Crippen LogP contribution in [0.15, 0.2) is 29.5 Å². The molecule has 34 heavy (non-hydrogen) atoms. The molecule has 1 amide bonds. The first kappa shape index (κ1) is 23.1. The summed E-state index contributed by atoms with van der Waals surface area (Å²) < 4.78 is 12.6. The minimum atomic E-state index is -0.488. The number of fused-ring (bicyclic) bond motifs is 1. The van der Waals surface area contributed by atoms with Gasteiger partial charge in [0.25, 0.3) is 5.56 Å². The Hall–Kier alpha value is -2.66. The van der Waals surface area contributed by atoms with Crippen molar-refractivity contribution in [1.29, 1.82) is 0 Å². The highest BCUT2D eigenvalue weighted by molar-refractivity contribution is 6.35. The number of nitrogens with zero attached hydrogens (tertiary/aromatic N) is 3. The molecule has 1 saturated carbocycles. The van der Waals surface area contributed by atoms with Crippen LogP contribution in [0.2, 0.25) is 10.2 Å². The SMILES string of the molecule is O=C(Cn1c(Cl)cnc(N[C@@H]2COC[C@H]2OCC2CC2)c1=O)NCc1cnc2[nH]cc(Cl)c2c1. The second kappa shape index (κ2) is 9.91. The first-order valence-electron chi connectivity index (χ1n) is 11.1. The van der Waals surface area contributed by atoms with Crippen molar-refractivity contribution < 1.29 is 14.3 Å². The molecule has 2 fully saturated rings. The number of carbonyl (C=O) groups is 1. The summed E-state index contributed by atoms with van der Waals surface area (Å²) in [6.45, 7) is 1.54. The molecule has 1 aliphatic heterocycles. The van der Waals surface area contributed by atoms with E-state index in [0.717, 1.165) is 10.9 Å². The van der Waals surface area contributed by atoms with Gasteiger partial charge in [-0.1, -0.05) is 23.2 Å². The molecule has 1 saturated heterocycles. The number of hydrogen-bond donors (Lipinski definition) is 3. The molecule has 1 aliphatic carbocycles. The Morgan fingerprint density at radius 3 is 2.94 bits per heavy atom. The number of rotatable bonds is 9. The van der Waals surface area contributed by atoms with Crippen LogP contribution in [0.25, 0.3) is 11.0 Å². The number of halogens is 2. The second-order valence-electron chi connectivity index (χ2n) is 8.58. The lowest BCUT2D eigenvalue weighted by Gasteiger charge is -2.20. The van der Waals surface area contributed by atoms with Gasteiger partial charge in [-0.25, -0.2) is 9.97 Å². The van der Waals surface area contributed by atoms with Crippen molar-refractivity contribution in [3.05, 3.63) is 50.7 Å². The first-order valence-corrected chi connectivity index (χ1v) is 11.8. The van der Waals surface area contributed by atoms with Crippen molar-refractivity contribution in [2.24, 2.45) is 5.92 Å². The van der Waals surface area contributed by atoms with Gasteiger partial charge in [-0.3, -0.25) is 14.2 Å². The maximum absolute atomic E-state index is 13.0. The maximum Gasteiger partial charge on any atom is 0.294 e. The summed E-state index contributed by atoms with van der Waals surface area (Å²) in [6.07, 6.45) is 6.89. The zero-order chi connectivity index (χ0) is 23.7. The zero-order valence-electron chi connectivity index (χ0n) is 18.2. The molecule has 2 aliphatic rings. The fourth-order valence-corrected chi connectivity index (χ4v) is 4.16. The van der Waals surface area contributed by atoms with Gasteiger partial charge in [0, 0.05) is 30.9 Å². The lowest BCUT2D eigenvalue weighted by molar-refractivity contribution is -0.121. The van der Waals surface area contributed by atoms with E-state index in [-0.39, 0.29) is 42.1 Å². The molecule has 3 aromatic heterocycles. The number of anilines is 1. The van der Waals surface area contributed by atoms with Gasteiger partial charge in [0.05, 0.1) is 30.5 Å². The number of ether oxygens (including phenoxy) is 2. The van der Waals surface area contributed by atoms with E-state index in [1.165, 1.54) is 23.6 Å². The van der Waals surface area contributed by atoms with Crippen LogP contribution in [-0.4, -0.2) is 57.4 Å². The largest absolute Gasteiger partial charge is 0.376 e. The molecule has 3 N–H and O–H groups in total. The van der Waals surface area contributed by atoms with E-state index in [4.69, 9.17) is 32.7 Å². The molecule has 0 unspecified atom stereocenters. The molecule has 3 aromatic rings. The summed E-state index contributed by atoms with van der Waals surface area (Å²) in [7, 11) is 0. The van der Waals surface area contributed by atoms with E-state index in [1.54, 1.807) is 12.4 Å². The third-order valence-electron chi connectivity index (χ3n) is 5.93. The number of nitrogens with one attached hydrogen (secondary N) is 3. The number of aromatic amines is 1. The number of hydrogen-bond acceptors (Lipinski definition) is 7. The highest BCUT2D eigenvalue weighted by atomic mass is 35.5. The smallest absolute Gasteiger partial charge is 0.294 e. The van der Waals surface area contributed by atoms with Crippen LogP contribution in [0.4, 0.5) is 5.82 Å². The molecule has 4 heterocycles. The van der Waals surface area contributed by atoms with Crippen molar-refractivity contribution in [3.8, 4) is 0 Å². The van der Waals surface area contributed by atoms with Crippen LogP contribution in [-0.2, 0) is 27.4 Å². The summed E-state index contributed by atoms with van der Waals surface area (Å²) in [5.74, 6) is 0.351. The monoisotopic (exact) mass is 506 g/mol. The fourth-order valence-electron chi connectivity index (χ4n) is 3.78. The predicted molar refractivity (Wildman–Crippen MR) is 127 cm³/mol. The predicted octanol–water partition coefficient (Wildman–Crippen LogP) is 2.35. The summed E-state index contributed by atoms with van der Waals surface area (Å²) in [5, 5.41) is 7.29. The van der Waals surface area contributed by atoms with E-state index >= 15 is 0 Å². The van der Waals surface area contributed by atoms with E-state index < -0.39 is 5.56 Å². The summed E-state index contributed by atoms with van der Waals surface area (Å²) in [4.78, 5) is 36.9. The van der Waals surface area contributed by atoms with Crippen LogP contribution >= 0.6 is 23.2 Å². The van der Waals surface area contributed by atoms with Gasteiger partial charge in [-0.05, 0) is 30.4 Å². The van der Waals surface area contributed by atoms with Crippen molar-refractivity contribution in [2.45, 2.75) is 38.1 Å². The molecule has 0 radical (unpaired) electrons. The van der Waals surface area contributed by atoms with Gasteiger partial charge in [-0.15, -0.1) is 0 Å². The fraction of sp³-hybridized carbons (Fsp3) is 0.455. The Labute approximate surface area is 205 Å². The normalized spacial score (nSPS) is 20.1. The summed E-state index contributed by atoms with van der Waals surface area (Å²) in [6, 6.07) is 1.64. The average molecular weight is 507 g/mol. The molecule has 2 atom stereocenters. The minimum Gasteiger partial charge on any atom is -0.376 e. The lowest BCUT2D eigenvalue weighted by Crippen LogP contribution is -2.39. The van der Waals surface area contributed by atoms with E-state index in [9.17, 15) is 9.59 Å². The molecule has 180 valence electrons. The Morgan fingerprint density at radius 2 is 2.12 bits per heavy atom. The van der Waals surface area contributed by atoms with E-state index in [0.29, 0.717) is 36.4 Å². The molecular formula is C22H24Cl2N6O4. The lowest BCUT2D eigenvalue weighted by atomic mass is 10.2. The van der Waals surface area contributed by atoms with Crippen molar-refractivity contribution in [2.75, 3.05) is 25.1 Å². The zero-order valence-corrected chi connectivity index (χ0v) is 19.7. The van der Waals surface area contributed by atoms with Crippen LogP contribution in [0.1, 0.15) is 18.4 Å². The number of H-pyrrole nitrogens is 1. The standard InChI is InChI=1S/C22H24Cl2N6O4/c23-15-6-27-20-14(15)3-13(5-26-20)4-25-19(31)8-30-18(24)7-28-21(22(30)32)29-16-10-33-11-17(16)34-9-12-1-2-12/h3,5-7,12,16-17H,1-2,4,8-11H2,(H,25,31)(H,26,27)(H,28,29)/t16-,17-/m1/s1. The quantitative estimate of drug-likeness (QED) is 0.406. The Balaban J connectivity index is 1.22. The van der Waals surface area contributed by atoms with Gasteiger partial charge in [0.1, 0.15) is 23.4 Å². The van der Waals surface area contributed by atoms with Crippen molar-refractivity contribution >= 4 is 46.0 Å². The molecule has 0 aromatic carbocycles. The maximum atomic E-state index is 13.0. The molecule has 10 nitrogen and oxygen atoms in total. The van der Waals surface area contributed by atoms with Crippen LogP contribution < -0.4 is 16.2 Å². The Bertz CT molecular complexity index is 1260. The molecule has 12 heteroatoms. The summed E-state index contributed by atoms with van der Waals surface area (Å²) in [5.41, 5.74) is 0.956. The minimum absolute atomic E-state index is 0.0668.